The number of nitrogens with zero attached hydrogens (tertiary/aromatic N) is 1. The Morgan fingerprint density at radius 3 is 2.33 bits per heavy atom. The molecule has 136 valence electrons. The molecule has 5 nitrogen and oxygen atoms in total. The maximum Gasteiger partial charge on any atom is 0.240 e. The lowest BCUT2D eigenvalue weighted by atomic mass is 10.1. The Balaban J connectivity index is 2.74. The zero-order valence-corrected chi connectivity index (χ0v) is 17.0. The fraction of sp³-hybridized carbons (Fsp3) is 0.588. The van der Waals surface area contributed by atoms with Gasteiger partial charge in [-0.05, 0) is 37.1 Å². The number of nitrogens with one attached hydrogen (secondary N) is 1. The average molecular weight is 373 g/mol. The van der Waals surface area contributed by atoms with Crippen molar-refractivity contribution in [3.05, 3.63) is 29.3 Å². The van der Waals surface area contributed by atoms with Crippen molar-refractivity contribution in [1.29, 1.82) is 0 Å². The van der Waals surface area contributed by atoms with E-state index in [2.05, 4.69) is 26.1 Å². The van der Waals surface area contributed by atoms with Gasteiger partial charge in [0, 0.05) is 17.0 Å². The van der Waals surface area contributed by atoms with E-state index < -0.39 is 10.0 Å². The lowest BCUT2D eigenvalue weighted by Crippen LogP contribution is -2.41. The van der Waals surface area contributed by atoms with E-state index in [0.29, 0.717) is 12.2 Å². The number of anilines is 1. The smallest absolute Gasteiger partial charge is 0.240 e. The molecule has 0 bridgehead atoms. The fourth-order valence-electron chi connectivity index (χ4n) is 2.01. The third-order valence-corrected chi connectivity index (χ3v) is 5.84. The summed E-state index contributed by atoms with van der Waals surface area (Å²) in [4.78, 5) is 12.1. The van der Waals surface area contributed by atoms with Crippen LogP contribution in [0.15, 0.2) is 18.2 Å². The van der Waals surface area contributed by atoms with Crippen LogP contribution in [0.5, 0.6) is 0 Å². The molecule has 0 aliphatic carbocycles. The number of aryl methyl sites for hydroxylation is 2. The summed E-state index contributed by atoms with van der Waals surface area (Å²) < 4.78 is 25.4. The monoisotopic (exact) mass is 372 g/mol. The molecule has 0 unspecified atom stereocenters. The van der Waals surface area contributed by atoms with Gasteiger partial charge in [-0.15, -0.1) is 0 Å². The SMILES string of the molecule is Cc1ccc(N(CC(=O)NCCSC(C)(C)C)S(C)(=O)=O)cc1C. The predicted molar refractivity (Wildman–Crippen MR) is 103 cm³/mol. The third-order valence-electron chi connectivity index (χ3n) is 3.43. The number of carbonyl (C=O) groups excluding carboxylic acids is 1. The van der Waals surface area contributed by atoms with E-state index in [4.69, 9.17) is 0 Å². The summed E-state index contributed by atoms with van der Waals surface area (Å²) in [6.07, 6.45) is 1.12. The number of hydrogen-bond acceptors (Lipinski definition) is 4. The van der Waals surface area contributed by atoms with Gasteiger partial charge in [-0.3, -0.25) is 9.10 Å². The first kappa shape index (κ1) is 20.8. The molecule has 1 N–H and O–H groups in total. The van der Waals surface area contributed by atoms with Gasteiger partial charge < -0.3 is 5.32 Å². The fourth-order valence-corrected chi connectivity index (χ4v) is 3.68. The zero-order chi connectivity index (χ0) is 18.5. The molecule has 1 rings (SSSR count). The van der Waals surface area contributed by atoms with Gasteiger partial charge in [-0.1, -0.05) is 26.8 Å². The summed E-state index contributed by atoms with van der Waals surface area (Å²) in [5, 5.41) is 2.79. The van der Waals surface area contributed by atoms with Crippen LogP contribution in [0.25, 0.3) is 0 Å². The topological polar surface area (TPSA) is 66.5 Å². The molecule has 0 aliphatic rings. The first-order valence-electron chi connectivity index (χ1n) is 7.86. The first-order valence-corrected chi connectivity index (χ1v) is 10.7. The molecular weight excluding hydrogens is 344 g/mol. The van der Waals surface area contributed by atoms with Crippen molar-refractivity contribution in [2.45, 2.75) is 39.4 Å². The molecule has 0 saturated carbocycles. The normalized spacial score (nSPS) is 12.1. The van der Waals surface area contributed by atoms with Gasteiger partial charge in [0.2, 0.25) is 15.9 Å². The van der Waals surface area contributed by atoms with Gasteiger partial charge in [-0.25, -0.2) is 8.42 Å². The minimum absolute atomic E-state index is 0.142. The lowest BCUT2D eigenvalue weighted by molar-refractivity contribution is -0.119. The summed E-state index contributed by atoms with van der Waals surface area (Å²) in [7, 11) is -3.53. The van der Waals surface area contributed by atoms with Crippen molar-refractivity contribution in [3.63, 3.8) is 0 Å². The maximum absolute atomic E-state index is 12.1. The van der Waals surface area contributed by atoms with Gasteiger partial charge in [0.15, 0.2) is 0 Å². The van der Waals surface area contributed by atoms with E-state index in [-0.39, 0.29) is 17.2 Å². The molecule has 0 heterocycles. The highest BCUT2D eigenvalue weighted by Crippen LogP contribution is 2.22. The number of rotatable bonds is 7. The van der Waals surface area contributed by atoms with Crippen LogP contribution in [0.4, 0.5) is 5.69 Å². The number of benzene rings is 1. The Morgan fingerprint density at radius 1 is 1.21 bits per heavy atom. The highest BCUT2D eigenvalue weighted by molar-refractivity contribution is 8.00. The van der Waals surface area contributed by atoms with E-state index in [1.165, 1.54) is 0 Å². The molecule has 0 aromatic heterocycles. The van der Waals surface area contributed by atoms with Crippen molar-refractivity contribution in [3.8, 4) is 0 Å². The predicted octanol–water partition coefficient (Wildman–Crippen LogP) is 2.72. The van der Waals surface area contributed by atoms with Crippen LogP contribution in [-0.2, 0) is 14.8 Å². The minimum Gasteiger partial charge on any atom is -0.354 e. The standard InChI is InChI=1S/C17H28N2O3S2/c1-13-7-8-15(11-14(13)2)19(24(6,21)22)12-16(20)18-9-10-23-17(3,4)5/h7-8,11H,9-10,12H2,1-6H3,(H,18,20). The van der Waals surface area contributed by atoms with Gasteiger partial charge in [0.05, 0.1) is 11.9 Å². The highest BCUT2D eigenvalue weighted by atomic mass is 32.2. The quantitative estimate of drug-likeness (QED) is 0.748. The van der Waals surface area contributed by atoms with Gasteiger partial charge in [0.25, 0.3) is 0 Å². The van der Waals surface area contributed by atoms with Crippen LogP contribution < -0.4 is 9.62 Å². The molecule has 0 radical (unpaired) electrons. The van der Waals surface area contributed by atoms with Crippen LogP contribution in [-0.4, -0.2) is 44.2 Å². The molecule has 0 aliphatic heterocycles. The number of sulfonamides is 1. The molecule has 0 fully saturated rings. The van der Waals surface area contributed by atoms with Crippen molar-refractivity contribution < 1.29 is 13.2 Å². The molecule has 24 heavy (non-hydrogen) atoms. The molecule has 1 aromatic rings. The van der Waals surface area contributed by atoms with E-state index >= 15 is 0 Å². The van der Waals surface area contributed by atoms with Crippen molar-refractivity contribution in [2.24, 2.45) is 0 Å². The summed E-state index contributed by atoms with van der Waals surface area (Å²) in [6, 6.07) is 5.38. The van der Waals surface area contributed by atoms with Crippen molar-refractivity contribution in [2.75, 3.05) is 29.4 Å². The van der Waals surface area contributed by atoms with Crippen molar-refractivity contribution >= 4 is 33.4 Å². The molecule has 0 spiro atoms. The lowest BCUT2D eigenvalue weighted by Gasteiger charge is -2.23. The number of thioether (sulfide) groups is 1. The summed E-state index contributed by atoms with van der Waals surface area (Å²) in [6.45, 7) is 10.5. The van der Waals surface area contributed by atoms with Crippen molar-refractivity contribution in [1.82, 2.24) is 5.32 Å². The summed E-state index contributed by atoms with van der Waals surface area (Å²) in [5.74, 6) is 0.491. The summed E-state index contributed by atoms with van der Waals surface area (Å²) >= 11 is 1.75. The Kier molecular flexibility index (Phi) is 7.16. The van der Waals surface area contributed by atoms with Crippen LogP contribution >= 0.6 is 11.8 Å². The number of amides is 1. The summed E-state index contributed by atoms with van der Waals surface area (Å²) in [5.41, 5.74) is 2.58. The van der Waals surface area contributed by atoms with E-state index in [9.17, 15) is 13.2 Å². The second-order valence-corrected chi connectivity index (χ2v) is 10.7. The number of hydrogen-bond donors (Lipinski definition) is 1. The first-order chi connectivity index (χ1) is 10.9. The minimum atomic E-state index is -3.53. The van der Waals surface area contributed by atoms with E-state index in [1.54, 1.807) is 23.9 Å². The van der Waals surface area contributed by atoms with Gasteiger partial charge >= 0.3 is 0 Å². The second kappa shape index (κ2) is 8.25. The number of carbonyl (C=O) groups is 1. The zero-order valence-electron chi connectivity index (χ0n) is 15.3. The Hall–Kier alpha value is -1.21. The Bertz CT molecular complexity index is 680. The van der Waals surface area contributed by atoms with Crippen LogP contribution in [0.1, 0.15) is 31.9 Å². The third kappa shape index (κ3) is 7.13. The molecule has 0 atom stereocenters. The highest BCUT2D eigenvalue weighted by Gasteiger charge is 2.21. The molecule has 1 amide bonds. The van der Waals surface area contributed by atoms with Crippen LogP contribution in [0, 0.1) is 13.8 Å². The Labute approximate surface area is 150 Å². The van der Waals surface area contributed by atoms with E-state index in [1.807, 2.05) is 19.9 Å². The van der Waals surface area contributed by atoms with E-state index in [0.717, 1.165) is 27.4 Å². The Morgan fingerprint density at radius 2 is 1.83 bits per heavy atom. The van der Waals surface area contributed by atoms with Gasteiger partial charge in [0.1, 0.15) is 6.54 Å². The van der Waals surface area contributed by atoms with Crippen LogP contribution in [0.3, 0.4) is 0 Å². The average Bonchev–Trinajstić information content (AvgIpc) is 2.42. The van der Waals surface area contributed by atoms with Crippen LogP contribution in [0.2, 0.25) is 0 Å². The maximum atomic E-state index is 12.1. The molecular formula is C17H28N2O3S2. The second-order valence-electron chi connectivity index (χ2n) is 6.85. The largest absolute Gasteiger partial charge is 0.354 e. The molecule has 7 heteroatoms. The molecule has 1 aromatic carbocycles. The molecule has 0 saturated heterocycles. The van der Waals surface area contributed by atoms with Gasteiger partial charge in [-0.2, -0.15) is 11.8 Å².